The third-order valence-corrected chi connectivity index (χ3v) is 5.12. The maximum absolute atomic E-state index is 12.6. The van der Waals surface area contributed by atoms with E-state index in [1.54, 1.807) is 36.4 Å². The van der Waals surface area contributed by atoms with Gasteiger partial charge in [0.1, 0.15) is 12.4 Å². The number of nitrogens with one attached hydrogen (secondary N) is 2. The molecule has 4 rings (SSSR count). The molecule has 7 nitrogen and oxygen atoms in total. The van der Waals surface area contributed by atoms with Crippen LogP contribution < -0.4 is 15.5 Å². The number of para-hydroxylation sites is 1. The number of carbonyl (C=O) groups excluding carboxylic acids is 2. The van der Waals surface area contributed by atoms with Crippen LogP contribution in [0.2, 0.25) is 5.02 Å². The Hall–Kier alpha value is -4.36. The predicted octanol–water partition coefficient (Wildman–Crippen LogP) is 5.53. The van der Waals surface area contributed by atoms with Crippen LogP contribution in [0, 0.1) is 0 Å². The fraction of sp³-hybridized carbons (Fsp3) is 0.0385. The van der Waals surface area contributed by atoms with Gasteiger partial charge in [-0.25, -0.2) is 5.43 Å². The van der Waals surface area contributed by atoms with Gasteiger partial charge >= 0.3 is 0 Å². The molecule has 0 radical (unpaired) electrons. The second kappa shape index (κ2) is 11.0. The van der Waals surface area contributed by atoms with Crippen LogP contribution in [0.5, 0.6) is 5.75 Å². The minimum atomic E-state index is -0.474. The summed E-state index contributed by atoms with van der Waals surface area (Å²) in [5, 5.41) is 7.34. The molecule has 8 heteroatoms. The number of rotatable bonds is 8. The average molecular weight is 474 g/mol. The van der Waals surface area contributed by atoms with Gasteiger partial charge in [0.2, 0.25) is 0 Å². The summed E-state index contributed by atoms with van der Waals surface area (Å²) in [6.45, 7) is 0.331. The number of hydrazone groups is 1. The molecule has 3 aromatic carbocycles. The number of anilines is 1. The Morgan fingerprint density at radius 1 is 0.941 bits per heavy atom. The van der Waals surface area contributed by atoms with Crippen molar-refractivity contribution in [3.8, 4) is 5.75 Å². The Labute approximate surface area is 201 Å². The average Bonchev–Trinajstić information content (AvgIpc) is 3.39. The number of halogens is 1. The molecular weight excluding hydrogens is 454 g/mol. The van der Waals surface area contributed by atoms with E-state index in [0.717, 1.165) is 11.1 Å². The Kier molecular flexibility index (Phi) is 7.37. The lowest BCUT2D eigenvalue weighted by molar-refractivity contribution is 0.0956. The molecule has 1 heterocycles. The van der Waals surface area contributed by atoms with Gasteiger partial charge in [0.25, 0.3) is 11.8 Å². The van der Waals surface area contributed by atoms with Gasteiger partial charge in [-0.15, -0.1) is 0 Å². The molecule has 0 aliphatic heterocycles. The highest BCUT2D eigenvalue weighted by molar-refractivity contribution is 6.31. The van der Waals surface area contributed by atoms with E-state index in [-0.39, 0.29) is 11.3 Å². The fourth-order valence-corrected chi connectivity index (χ4v) is 3.26. The standard InChI is InChI=1S/C26H20ClN3O4/c27-22-11-3-1-8-19(22)17-34-20-9-5-7-18(15-20)16-28-30-25(31)21-10-2-4-12-23(21)29-26(32)24-13-6-14-33-24/h1-16H,17H2,(H,29,32)(H,30,31)/b28-16-. The van der Waals surface area contributed by atoms with Crippen LogP contribution in [0.25, 0.3) is 0 Å². The van der Waals surface area contributed by atoms with Gasteiger partial charge in [0.05, 0.1) is 23.7 Å². The number of hydrogen-bond acceptors (Lipinski definition) is 5. The van der Waals surface area contributed by atoms with E-state index in [1.807, 2.05) is 42.5 Å². The largest absolute Gasteiger partial charge is 0.489 e. The smallest absolute Gasteiger partial charge is 0.291 e. The second-order valence-electron chi connectivity index (χ2n) is 7.13. The first-order chi connectivity index (χ1) is 16.6. The van der Waals surface area contributed by atoms with Crippen LogP contribution in [0.1, 0.15) is 32.0 Å². The van der Waals surface area contributed by atoms with Crippen LogP contribution in [0.15, 0.2) is 101 Å². The van der Waals surface area contributed by atoms with Gasteiger partial charge in [-0.1, -0.05) is 54.1 Å². The number of benzene rings is 3. The summed E-state index contributed by atoms with van der Waals surface area (Å²) in [5.74, 6) is -0.147. The summed E-state index contributed by atoms with van der Waals surface area (Å²) in [6, 6.07) is 24.5. The van der Waals surface area contributed by atoms with Crippen molar-refractivity contribution in [3.63, 3.8) is 0 Å². The monoisotopic (exact) mass is 473 g/mol. The molecule has 2 amide bonds. The van der Waals surface area contributed by atoms with Gasteiger partial charge in [0.15, 0.2) is 5.76 Å². The zero-order valence-corrected chi connectivity index (χ0v) is 18.7. The highest BCUT2D eigenvalue weighted by Gasteiger charge is 2.15. The Balaban J connectivity index is 1.37. The summed E-state index contributed by atoms with van der Waals surface area (Å²) in [6.07, 6.45) is 2.91. The summed E-state index contributed by atoms with van der Waals surface area (Å²) < 4.78 is 10.9. The molecule has 4 aromatic rings. The summed E-state index contributed by atoms with van der Waals surface area (Å²) in [7, 11) is 0. The Morgan fingerprint density at radius 2 is 1.76 bits per heavy atom. The topological polar surface area (TPSA) is 92.9 Å². The summed E-state index contributed by atoms with van der Waals surface area (Å²) >= 11 is 6.17. The van der Waals surface area contributed by atoms with Crippen molar-refractivity contribution in [2.24, 2.45) is 5.10 Å². The highest BCUT2D eigenvalue weighted by Crippen LogP contribution is 2.19. The van der Waals surface area contributed by atoms with Gasteiger partial charge < -0.3 is 14.5 Å². The highest BCUT2D eigenvalue weighted by atomic mass is 35.5. The molecule has 0 bridgehead atoms. The van der Waals surface area contributed by atoms with E-state index in [4.69, 9.17) is 20.8 Å². The molecule has 0 aliphatic carbocycles. The lowest BCUT2D eigenvalue weighted by Gasteiger charge is -2.09. The minimum Gasteiger partial charge on any atom is -0.489 e. The van der Waals surface area contributed by atoms with Gasteiger partial charge in [-0.3, -0.25) is 9.59 Å². The SMILES string of the molecule is O=C(Nc1ccccc1C(=O)N/N=C\c1cccc(OCc2ccccc2Cl)c1)c1ccco1. The van der Waals surface area contributed by atoms with Crippen LogP contribution in [0.3, 0.4) is 0 Å². The molecule has 0 saturated heterocycles. The number of hydrogen-bond donors (Lipinski definition) is 2. The number of furan rings is 1. The van der Waals surface area contributed by atoms with Crippen LogP contribution in [0.4, 0.5) is 5.69 Å². The third kappa shape index (κ3) is 5.90. The van der Waals surface area contributed by atoms with Crippen molar-refractivity contribution in [2.75, 3.05) is 5.32 Å². The van der Waals surface area contributed by atoms with Crippen molar-refractivity contribution in [2.45, 2.75) is 6.61 Å². The molecule has 0 atom stereocenters. The van der Waals surface area contributed by atoms with Crippen LogP contribution in [-0.4, -0.2) is 18.0 Å². The molecule has 34 heavy (non-hydrogen) atoms. The van der Waals surface area contributed by atoms with Crippen molar-refractivity contribution >= 4 is 35.3 Å². The van der Waals surface area contributed by atoms with Crippen molar-refractivity contribution in [3.05, 3.63) is 119 Å². The first-order valence-corrected chi connectivity index (χ1v) is 10.7. The third-order valence-electron chi connectivity index (χ3n) is 4.75. The van der Waals surface area contributed by atoms with E-state index in [9.17, 15) is 9.59 Å². The second-order valence-corrected chi connectivity index (χ2v) is 7.54. The zero-order chi connectivity index (χ0) is 23.8. The Morgan fingerprint density at radius 3 is 2.59 bits per heavy atom. The van der Waals surface area contributed by atoms with E-state index in [0.29, 0.717) is 23.1 Å². The fourth-order valence-electron chi connectivity index (χ4n) is 3.07. The maximum Gasteiger partial charge on any atom is 0.291 e. The zero-order valence-electron chi connectivity index (χ0n) is 17.9. The molecule has 0 unspecified atom stereocenters. The maximum atomic E-state index is 12.6. The molecule has 0 saturated carbocycles. The predicted molar refractivity (Wildman–Crippen MR) is 130 cm³/mol. The van der Waals surface area contributed by atoms with Gasteiger partial charge in [-0.05, 0) is 48.0 Å². The minimum absolute atomic E-state index is 0.143. The number of carbonyl (C=O) groups is 2. The molecule has 0 aliphatic rings. The molecule has 0 fully saturated rings. The normalized spacial score (nSPS) is 10.7. The lowest BCUT2D eigenvalue weighted by Crippen LogP contribution is -2.21. The van der Waals surface area contributed by atoms with Crippen LogP contribution >= 0.6 is 11.6 Å². The van der Waals surface area contributed by atoms with Gasteiger partial charge in [-0.2, -0.15) is 5.10 Å². The van der Waals surface area contributed by atoms with E-state index >= 15 is 0 Å². The van der Waals surface area contributed by atoms with E-state index < -0.39 is 11.8 Å². The van der Waals surface area contributed by atoms with Crippen LogP contribution in [-0.2, 0) is 6.61 Å². The van der Waals surface area contributed by atoms with Crippen molar-refractivity contribution < 1.29 is 18.7 Å². The molecule has 170 valence electrons. The number of nitrogens with zero attached hydrogens (tertiary/aromatic N) is 1. The first kappa shape index (κ1) is 22.8. The summed E-state index contributed by atoms with van der Waals surface area (Å²) in [5.41, 5.74) is 4.69. The quantitative estimate of drug-likeness (QED) is 0.260. The van der Waals surface area contributed by atoms with Crippen molar-refractivity contribution in [1.29, 1.82) is 0 Å². The lowest BCUT2D eigenvalue weighted by atomic mass is 10.1. The van der Waals surface area contributed by atoms with E-state index in [2.05, 4.69) is 15.8 Å². The van der Waals surface area contributed by atoms with Crippen molar-refractivity contribution in [1.82, 2.24) is 5.43 Å². The Bertz CT molecular complexity index is 1320. The summed E-state index contributed by atoms with van der Waals surface area (Å²) in [4.78, 5) is 24.9. The first-order valence-electron chi connectivity index (χ1n) is 10.3. The van der Waals surface area contributed by atoms with Gasteiger partial charge in [0, 0.05) is 10.6 Å². The van der Waals surface area contributed by atoms with E-state index in [1.165, 1.54) is 18.5 Å². The molecule has 2 N–H and O–H groups in total. The molecular formula is C26H20ClN3O4. The molecule has 1 aromatic heterocycles. The number of amides is 2. The number of ether oxygens (including phenoxy) is 1. The molecule has 0 spiro atoms.